The van der Waals surface area contributed by atoms with Gasteiger partial charge in [-0.05, 0) is 34.7 Å². The molecule has 0 bridgehead atoms. The standard InChI is InChI=1S/C9H6INO4/c10-4-2-1-3-5-6(4)11-8(15-5)7(12)9(13)14/h1-3,7,12H,(H,13,14). The summed E-state index contributed by atoms with van der Waals surface area (Å²) in [5, 5.41) is 17.8. The Labute approximate surface area is 97.9 Å². The monoisotopic (exact) mass is 319 g/mol. The highest BCUT2D eigenvalue weighted by Crippen LogP contribution is 2.23. The molecule has 2 aromatic rings. The third-order valence-corrected chi connectivity index (χ3v) is 2.72. The number of aliphatic carboxylic acids is 1. The summed E-state index contributed by atoms with van der Waals surface area (Å²) in [5.74, 6) is -1.57. The quantitative estimate of drug-likeness (QED) is 0.821. The average molecular weight is 319 g/mol. The van der Waals surface area contributed by atoms with E-state index in [-0.39, 0.29) is 5.89 Å². The third kappa shape index (κ3) is 1.82. The van der Waals surface area contributed by atoms with Crippen LogP contribution in [0.25, 0.3) is 11.1 Å². The van der Waals surface area contributed by atoms with E-state index in [0.717, 1.165) is 3.57 Å². The van der Waals surface area contributed by atoms with Crippen LogP contribution in [0.4, 0.5) is 0 Å². The minimum absolute atomic E-state index is 0.193. The number of carbonyl (C=O) groups is 1. The zero-order chi connectivity index (χ0) is 11.0. The van der Waals surface area contributed by atoms with E-state index >= 15 is 0 Å². The number of hydrogen-bond donors (Lipinski definition) is 2. The molecule has 0 radical (unpaired) electrons. The minimum Gasteiger partial charge on any atom is -0.479 e. The molecule has 2 N–H and O–H groups in total. The number of aliphatic hydroxyl groups excluding tert-OH is 1. The van der Waals surface area contributed by atoms with E-state index in [1.54, 1.807) is 12.1 Å². The molecule has 0 saturated heterocycles. The molecule has 1 aromatic heterocycles. The molecule has 78 valence electrons. The number of benzene rings is 1. The van der Waals surface area contributed by atoms with Crippen LogP contribution in [0.3, 0.4) is 0 Å². The highest BCUT2D eigenvalue weighted by atomic mass is 127. The number of aliphatic hydroxyl groups is 1. The van der Waals surface area contributed by atoms with E-state index in [1.165, 1.54) is 0 Å². The summed E-state index contributed by atoms with van der Waals surface area (Å²) < 4.78 is 5.97. The predicted octanol–water partition coefficient (Wildman–Crippen LogP) is 1.55. The molecule has 0 saturated carbocycles. The zero-order valence-electron chi connectivity index (χ0n) is 7.35. The Balaban J connectivity index is 2.56. The Morgan fingerprint density at radius 1 is 1.53 bits per heavy atom. The third-order valence-electron chi connectivity index (χ3n) is 1.85. The fourth-order valence-corrected chi connectivity index (χ4v) is 1.75. The van der Waals surface area contributed by atoms with Crippen LogP contribution in [-0.4, -0.2) is 21.2 Å². The van der Waals surface area contributed by atoms with Crippen LogP contribution in [0.1, 0.15) is 12.0 Å². The van der Waals surface area contributed by atoms with Crippen LogP contribution < -0.4 is 0 Å². The number of carboxylic acids is 1. The van der Waals surface area contributed by atoms with E-state index in [9.17, 15) is 9.90 Å². The van der Waals surface area contributed by atoms with Crippen molar-refractivity contribution >= 4 is 39.7 Å². The van der Waals surface area contributed by atoms with Crippen molar-refractivity contribution in [3.8, 4) is 0 Å². The van der Waals surface area contributed by atoms with Crippen molar-refractivity contribution in [2.75, 3.05) is 0 Å². The highest BCUT2D eigenvalue weighted by molar-refractivity contribution is 14.1. The molecule has 1 unspecified atom stereocenters. The van der Waals surface area contributed by atoms with Gasteiger partial charge in [-0.3, -0.25) is 0 Å². The van der Waals surface area contributed by atoms with Crippen LogP contribution in [-0.2, 0) is 4.79 Å². The lowest BCUT2D eigenvalue weighted by molar-refractivity contribution is -0.148. The summed E-state index contributed by atoms with van der Waals surface area (Å²) in [6.07, 6.45) is -1.71. The molecule has 1 aromatic carbocycles. The normalized spacial score (nSPS) is 12.9. The maximum Gasteiger partial charge on any atom is 0.342 e. The Bertz CT molecular complexity index is 522. The van der Waals surface area contributed by atoms with Crippen molar-refractivity contribution in [3.05, 3.63) is 27.7 Å². The number of hydrogen-bond acceptors (Lipinski definition) is 4. The topological polar surface area (TPSA) is 83.6 Å². The van der Waals surface area contributed by atoms with Crippen molar-refractivity contribution in [1.29, 1.82) is 0 Å². The van der Waals surface area contributed by atoms with E-state index in [0.29, 0.717) is 11.1 Å². The van der Waals surface area contributed by atoms with E-state index in [4.69, 9.17) is 9.52 Å². The van der Waals surface area contributed by atoms with Gasteiger partial charge in [-0.25, -0.2) is 9.78 Å². The Hall–Kier alpha value is -1.15. The molecule has 2 rings (SSSR count). The molecule has 0 fully saturated rings. The molecule has 6 heteroatoms. The molecular weight excluding hydrogens is 313 g/mol. The number of fused-ring (bicyclic) bond motifs is 1. The first kappa shape index (κ1) is 10.4. The Morgan fingerprint density at radius 2 is 2.27 bits per heavy atom. The molecule has 0 aliphatic carbocycles. The summed E-state index contributed by atoms with van der Waals surface area (Å²) in [4.78, 5) is 14.4. The van der Waals surface area contributed by atoms with Gasteiger partial charge in [0.2, 0.25) is 12.0 Å². The van der Waals surface area contributed by atoms with Gasteiger partial charge in [0.25, 0.3) is 0 Å². The summed E-state index contributed by atoms with van der Waals surface area (Å²) in [6.45, 7) is 0. The second kappa shape index (κ2) is 3.78. The zero-order valence-corrected chi connectivity index (χ0v) is 9.50. The number of oxazole rings is 1. The van der Waals surface area contributed by atoms with Gasteiger partial charge in [-0.2, -0.15) is 0 Å². The van der Waals surface area contributed by atoms with Crippen LogP contribution in [0, 0.1) is 3.57 Å². The van der Waals surface area contributed by atoms with Crippen LogP contribution in [0.5, 0.6) is 0 Å². The van der Waals surface area contributed by atoms with E-state index in [1.807, 2.05) is 6.07 Å². The highest BCUT2D eigenvalue weighted by Gasteiger charge is 2.22. The second-order valence-electron chi connectivity index (χ2n) is 2.88. The average Bonchev–Trinajstić information content (AvgIpc) is 2.61. The van der Waals surface area contributed by atoms with Crippen molar-refractivity contribution < 1.29 is 19.4 Å². The van der Waals surface area contributed by atoms with Crippen LogP contribution in [0.15, 0.2) is 22.6 Å². The van der Waals surface area contributed by atoms with Gasteiger partial charge in [0.05, 0.1) is 0 Å². The number of para-hydroxylation sites is 1. The van der Waals surface area contributed by atoms with Crippen molar-refractivity contribution in [1.82, 2.24) is 4.98 Å². The fourth-order valence-electron chi connectivity index (χ4n) is 1.15. The van der Waals surface area contributed by atoms with Crippen molar-refractivity contribution in [2.45, 2.75) is 6.10 Å². The van der Waals surface area contributed by atoms with Gasteiger partial charge < -0.3 is 14.6 Å². The van der Waals surface area contributed by atoms with Crippen LogP contribution >= 0.6 is 22.6 Å². The van der Waals surface area contributed by atoms with Gasteiger partial charge in [-0.15, -0.1) is 0 Å². The number of carboxylic acid groups (broad SMARTS) is 1. The van der Waals surface area contributed by atoms with Crippen molar-refractivity contribution in [2.24, 2.45) is 0 Å². The maximum atomic E-state index is 10.5. The summed E-state index contributed by atoms with van der Waals surface area (Å²) in [5.41, 5.74) is 1.03. The lowest BCUT2D eigenvalue weighted by Gasteiger charge is -1.96. The van der Waals surface area contributed by atoms with E-state index < -0.39 is 12.1 Å². The first-order chi connectivity index (χ1) is 7.09. The molecule has 1 atom stereocenters. The lowest BCUT2D eigenvalue weighted by atomic mass is 10.3. The Kier molecular flexibility index (Phi) is 2.61. The molecule has 1 heterocycles. The number of rotatable bonds is 2. The molecule has 0 aliphatic heterocycles. The van der Waals surface area contributed by atoms with Gasteiger partial charge >= 0.3 is 5.97 Å². The molecular formula is C9H6INO4. The first-order valence-electron chi connectivity index (χ1n) is 4.05. The maximum absolute atomic E-state index is 10.5. The summed E-state index contributed by atoms with van der Waals surface area (Å²) in [6, 6.07) is 5.26. The Morgan fingerprint density at radius 3 is 2.87 bits per heavy atom. The van der Waals surface area contributed by atoms with Gasteiger partial charge in [-0.1, -0.05) is 6.07 Å². The largest absolute Gasteiger partial charge is 0.479 e. The smallest absolute Gasteiger partial charge is 0.342 e. The van der Waals surface area contributed by atoms with Crippen LogP contribution in [0.2, 0.25) is 0 Å². The number of halogens is 1. The molecule has 0 amide bonds. The number of aromatic nitrogens is 1. The van der Waals surface area contributed by atoms with Gasteiger partial charge in [0, 0.05) is 3.57 Å². The number of nitrogens with zero attached hydrogens (tertiary/aromatic N) is 1. The SMILES string of the molecule is O=C(O)C(O)c1nc2c(I)cccc2o1. The summed E-state index contributed by atoms with van der Waals surface area (Å²) in [7, 11) is 0. The van der Waals surface area contributed by atoms with Crippen molar-refractivity contribution in [3.63, 3.8) is 0 Å². The lowest BCUT2D eigenvalue weighted by Crippen LogP contribution is -2.10. The molecule has 0 spiro atoms. The molecule has 15 heavy (non-hydrogen) atoms. The first-order valence-corrected chi connectivity index (χ1v) is 5.13. The fraction of sp³-hybridized carbons (Fsp3) is 0.111. The second-order valence-corrected chi connectivity index (χ2v) is 4.04. The predicted molar refractivity (Wildman–Crippen MR) is 59.3 cm³/mol. The molecule has 0 aliphatic rings. The molecule has 5 nitrogen and oxygen atoms in total. The van der Waals surface area contributed by atoms with Gasteiger partial charge in [0.15, 0.2) is 5.58 Å². The minimum atomic E-state index is -1.71. The summed E-state index contributed by atoms with van der Waals surface area (Å²) >= 11 is 2.06. The van der Waals surface area contributed by atoms with Gasteiger partial charge in [0.1, 0.15) is 5.52 Å². The van der Waals surface area contributed by atoms with E-state index in [2.05, 4.69) is 27.6 Å².